The molecule has 3 heteroatoms. The van der Waals surface area contributed by atoms with Crippen LogP contribution in [0.25, 0.3) is 0 Å². The van der Waals surface area contributed by atoms with Crippen LogP contribution in [0.3, 0.4) is 0 Å². The smallest absolute Gasteiger partial charge is 0.0982 e. The Morgan fingerprint density at radius 2 is 1.75 bits per heavy atom. The average molecular weight is 385 g/mol. The third-order valence-corrected chi connectivity index (χ3v) is 5.64. The molecule has 1 saturated carbocycles. The van der Waals surface area contributed by atoms with E-state index in [2.05, 4.69) is 58.9 Å². The Labute approximate surface area is 170 Å². The predicted molar refractivity (Wildman–Crippen MR) is 117 cm³/mol. The molecule has 1 aliphatic carbocycles. The molecule has 2 N–H and O–H groups in total. The molecule has 0 aromatic rings. The van der Waals surface area contributed by atoms with Gasteiger partial charge in [0.1, 0.15) is 0 Å². The molecule has 3 atom stereocenters. The van der Waals surface area contributed by atoms with Crippen LogP contribution in [0, 0.1) is 5.41 Å². The van der Waals surface area contributed by atoms with E-state index >= 15 is 0 Å². The molecule has 0 spiro atoms. The molecule has 0 saturated heterocycles. The summed E-state index contributed by atoms with van der Waals surface area (Å²) in [5, 5.41) is 19.2. The summed E-state index contributed by atoms with van der Waals surface area (Å²) >= 11 is 0. The van der Waals surface area contributed by atoms with E-state index in [-0.39, 0.29) is 29.8 Å². The highest BCUT2D eigenvalue weighted by Gasteiger charge is 2.50. The largest absolute Gasteiger partial charge is 0.393 e. The lowest BCUT2D eigenvalue weighted by atomic mass is 9.65. The molecule has 1 fully saturated rings. The maximum absolute atomic E-state index is 10.3. The molecule has 1 aliphatic heterocycles. The summed E-state index contributed by atoms with van der Waals surface area (Å²) in [4.78, 5) is 0. The van der Waals surface area contributed by atoms with E-state index in [1.54, 1.807) is 0 Å². The van der Waals surface area contributed by atoms with Gasteiger partial charge in [0.2, 0.25) is 0 Å². The van der Waals surface area contributed by atoms with Gasteiger partial charge in [-0.2, -0.15) is 0 Å². The third kappa shape index (κ3) is 5.66. The zero-order chi connectivity index (χ0) is 20.9. The lowest BCUT2D eigenvalue weighted by Gasteiger charge is -2.44. The fourth-order valence-corrected chi connectivity index (χ4v) is 4.23. The van der Waals surface area contributed by atoms with Crippen molar-refractivity contribution in [2.75, 3.05) is 6.61 Å². The number of allylic oxidation sites excluding steroid dienone is 8. The van der Waals surface area contributed by atoms with Gasteiger partial charge in [-0.15, -0.1) is 0 Å². The normalized spacial score (nSPS) is 31.6. The fourth-order valence-electron chi connectivity index (χ4n) is 4.23. The van der Waals surface area contributed by atoms with E-state index < -0.39 is 0 Å². The second-order valence-corrected chi connectivity index (χ2v) is 9.03. The van der Waals surface area contributed by atoms with Crippen molar-refractivity contribution in [1.29, 1.82) is 0 Å². The van der Waals surface area contributed by atoms with Gasteiger partial charge in [-0.25, -0.2) is 0 Å². The Bertz CT molecular complexity index is 746. The van der Waals surface area contributed by atoms with Crippen molar-refractivity contribution >= 4 is 0 Å². The highest BCUT2D eigenvalue weighted by atomic mass is 16.5. The minimum absolute atomic E-state index is 0.0359. The van der Waals surface area contributed by atoms with Crippen molar-refractivity contribution in [3.05, 3.63) is 70.9 Å². The first-order valence-electron chi connectivity index (χ1n) is 10.1. The standard InChI is InChI=1S/C25H36O3/c1-18(10-7-8-11-19(2)17-26)12-9-13-20(3)22-14-23-24(4,5)15-21(27)16-25(23,6)28-22/h7-14,21-22,26-27H,15-17H2,1-6H3/b8-7+,12-9+,18-10+,19-11+,20-13+/t21-,22?,25?/m0/s1. The first-order valence-corrected chi connectivity index (χ1v) is 10.1. The van der Waals surface area contributed by atoms with Gasteiger partial charge in [-0.3, -0.25) is 0 Å². The van der Waals surface area contributed by atoms with Gasteiger partial charge in [0.25, 0.3) is 0 Å². The van der Waals surface area contributed by atoms with Gasteiger partial charge in [0, 0.05) is 6.42 Å². The summed E-state index contributed by atoms with van der Waals surface area (Å²) in [5.74, 6) is 0. The fraction of sp³-hybridized carbons (Fsp3) is 0.520. The molecule has 2 aliphatic rings. The monoisotopic (exact) mass is 384 g/mol. The minimum Gasteiger partial charge on any atom is -0.393 e. The van der Waals surface area contributed by atoms with E-state index in [9.17, 15) is 5.11 Å². The van der Waals surface area contributed by atoms with Crippen LogP contribution in [-0.2, 0) is 4.74 Å². The van der Waals surface area contributed by atoms with Crippen molar-refractivity contribution < 1.29 is 14.9 Å². The maximum atomic E-state index is 10.3. The maximum Gasteiger partial charge on any atom is 0.0982 e. The van der Waals surface area contributed by atoms with Gasteiger partial charge in [-0.05, 0) is 62.3 Å². The van der Waals surface area contributed by atoms with E-state index in [1.807, 2.05) is 31.2 Å². The summed E-state index contributed by atoms with van der Waals surface area (Å²) in [5.41, 5.74) is 4.16. The lowest BCUT2D eigenvalue weighted by molar-refractivity contribution is -0.0683. The van der Waals surface area contributed by atoms with Gasteiger partial charge in [-0.1, -0.05) is 62.0 Å². The topological polar surface area (TPSA) is 49.7 Å². The van der Waals surface area contributed by atoms with Crippen LogP contribution in [0.4, 0.5) is 0 Å². The number of ether oxygens (including phenoxy) is 1. The third-order valence-electron chi connectivity index (χ3n) is 5.64. The Balaban J connectivity index is 2.04. The lowest BCUT2D eigenvalue weighted by Crippen LogP contribution is -2.45. The van der Waals surface area contributed by atoms with E-state index in [0.717, 1.165) is 23.1 Å². The van der Waals surface area contributed by atoms with Crippen LogP contribution >= 0.6 is 0 Å². The van der Waals surface area contributed by atoms with Crippen LogP contribution in [0.1, 0.15) is 54.4 Å². The van der Waals surface area contributed by atoms with Crippen LogP contribution in [0.15, 0.2) is 70.9 Å². The Hall–Kier alpha value is -1.68. The molecule has 28 heavy (non-hydrogen) atoms. The zero-order valence-electron chi connectivity index (χ0n) is 18.2. The van der Waals surface area contributed by atoms with Gasteiger partial charge in [0.15, 0.2) is 0 Å². The predicted octanol–water partition coefficient (Wildman–Crippen LogP) is 5.19. The molecule has 2 unspecified atom stereocenters. The Kier molecular flexibility index (Phi) is 7.44. The Morgan fingerprint density at radius 1 is 1.07 bits per heavy atom. The van der Waals surface area contributed by atoms with Crippen LogP contribution in [-0.4, -0.2) is 34.6 Å². The number of hydrogen-bond acceptors (Lipinski definition) is 3. The first-order chi connectivity index (χ1) is 13.1. The second-order valence-electron chi connectivity index (χ2n) is 9.03. The van der Waals surface area contributed by atoms with E-state index in [4.69, 9.17) is 9.84 Å². The van der Waals surface area contributed by atoms with Crippen molar-refractivity contribution in [2.24, 2.45) is 5.41 Å². The molecule has 154 valence electrons. The van der Waals surface area contributed by atoms with Crippen molar-refractivity contribution in [3.8, 4) is 0 Å². The molecule has 0 amide bonds. The van der Waals surface area contributed by atoms with Crippen LogP contribution in [0.2, 0.25) is 0 Å². The van der Waals surface area contributed by atoms with Crippen molar-refractivity contribution in [2.45, 2.75) is 72.2 Å². The number of fused-ring (bicyclic) bond motifs is 1. The number of aliphatic hydroxyl groups is 2. The molecule has 1 heterocycles. The zero-order valence-corrected chi connectivity index (χ0v) is 18.2. The number of rotatable bonds is 6. The highest BCUT2D eigenvalue weighted by Crippen LogP contribution is 2.51. The van der Waals surface area contributed by atoms with Crippen LogP contribution in [0.5, 0.6) is 0 Å². The number of hydrogen-bond donors (Lipinski definition) is 2. The number of aliphatic hydroxyl groups excluding tert-OH is 2. The second kappa shape index (κ2) is 9.21. The molecule has 2 rings (SSSR count). The summed E-state index contributed by atoms with van der Waals surface area (Å²) in [6, 6.07) is 0. The molecule has 0 bridgehead atoms. The van der Waals surface area contributed by atoms with E-state index in [1.165, 1.54) is 5.57 Å². The average Bonchev–Trinajstić information content (AvgIpc) is 2.96. The van der Waals surface area contributed by atoms with Crippen molar-refractivity contribution in [3.63, 3.8) is 0 Å². The van der Waals surface area contributed by atoms with Gasteiger partial charge < -0.3 is 14.9 Å². The summed E-state index contributed by atoms with van der Waals surface area (Å²) in [6.45, 7) is 12.6. The minimum atomic E-state index is -0.370. The quantitative estimate of drug-likeness (QED) is 0.489. The van der Waals surface area contributed by atoms with E-state index in [0.29, 0.717) is 6.42 Å². The first kappa shape index (κ1) is 22.6. The Morgan fingerprint density at radius 3 is 2.43 bits per heavy atom. The molecule has 3 nitrogen and oxygen atoms in total. The van der Waals surface area contributed by atoms with Gasteiger partial charge >= 0.3 is 0 Å². The highest BCUT2D eigenvalue weighted by molar-refractivity contribution is 5.37. The molecule has 0 aromatic carbocycles. The SMILES string of the molecule is CC(/C=C/C=C(\C)C1C=C2C(C)(C)C[C@H](O)CC2(C)O1)=C\C=C\C=C(/C)CO. The molecular weight excluding hydrogens is 348 g/mol. The summed E-state index contributed by atoms with van der Waals surface area (Å²) in [6.07, 6.45) is 17.4. The van der Waals surface area contributed by atoms with Crippen LogP contribution < -0.4 is 0 Å². The molecular formula is C25H36O3. The summed E-state index contributed by atoms with van der Waals surface area (Å²) in [7, 11) is 0. The summed E-state index contributed by atoms with van der Waals surface area (Å²) < 4.78 is 6.38. The van der Waals surface area contributed by atoms with Crippen molar-refractivity contribution in [1.82, 2.24) is 0 Å². The molecule has 0 aromatic heterocycles. The molecule has 0 radical (unpaired) electrons. The van der Waals surface area contributed by atoms with Gasteiger partial charge in [0.05, 0.1) is 24.4 Å².